The summed E-state index contributed by atoms with van der Waals surface area (Å²) in [4.78, 5) is 22.4. The minimum atomic E-state index is -0.895. The van der Waals surface area contributed by atoms with Crippen molar-refractivity contribution in [3.63, 3.8) is 0 Å². The fourth-order valence-electron chi connectivity index (χ4n) is 2.25. The van der Waals surface area contributed by atoms with Gasteiger partial charge >= 0.3 is 5.97 Å². The van der Waals surface area contributed by atoms with Crippen molar-refractivity contribution < 1.29 is 14.7 Å². The molecule has 104 valence electrons. The molecule has 0 aromatic carbocycles. The highest BCUT2D eigenvalue weighted by molar-refractivity contribution is 5.89. The number of aliphatic carboxylic acids is 1. The van der Waals surface area contributed by atoms with Crippen molar-refractivity contribution in [3.05, 3.63) is 30.2 Å². The zero-order valence-electron chi connectivity index (χ0n) is 10.7. The summed E-state index contributed by atoms with van der Waals surface area (Å²) in [5, 5.41) is 19.6. The Bertz CT molecular complexity index is 666. The van der Waals surface area contributed by atoms with Gasteiger partial charge in [-0.05, 0) is 18.6 Å². The predicted octanol–water partition coefficient (Wildman–Crippen LogP) is 0.109. The summed E-state index contributed by atoms with van der Waals surface area (Å²) in [7, 11) is 0. The number of pyridine rings is 1. The van der Waals surface area contributed by atoms with Crippen molar-refractivity contribution in [2.45, 2.75) is 12.8 Å². The number of carbonyl (C=O) groups is 2. The lowest BCUT2D eigenvalue weighted by molar-refractivity contribution is -0.140. The molecular formula is C13H14N4O3. The molecule has 0 spiro atoms. The number of aromatic nitrogens is 3. The molecule has 2 atom stereocenters. The van der Waals surface area contributed by atoms with Crippen LogP contribution in [0.2, 0.25) is 0 Å². The Labute approximate surface area is 114 Å². The lowest BCUT2D eigenvalue weighted by atomic mass is 10.3. The Hall–Kier alpha value is -2.44. The van der Waals surface area contributed by atoms with Gasteiger partial charge < -0.3 is 10.4 Å². The van der Waals surface area contributed by atoms with E-state index in [-0.39, 0.29) is 11.8 Å². The molecule has 20 heavy (non-hydrogen) atoms. The summed E-state index contributed by atoms with van der Waals surface area (Å²) in [5.74, 6) is -1.20. The minimum Gasteiger partial charge on any atom is -0.481 e. The fraction of sp³-hybridized carbons (Fsp3) is 0.385. The van der Waals surface area contributed by atoms with E-state index in [0.29, 0.717) is 19.4 Å². The third-order valence-corrected chi connectivity index (χ3v) is 3.48. The number of fused-ring (bicyclic) bond motifs is 1. The normalized spacial score (nSPS) is 20.8. The van der Waals surface area contributed by atoms with Gasteiger partial charge in [0.1, 0.15) is 5.82 Å². The van der Waals surface area contributed by atoms with Gasteiger partial charge in [0, 0.05) is 19.2 Å². The summed E-state index contributed by atoms with van der Waals surface area (Å²) in [6, 6.07) is 5.63. The van der Waals surface area contributed by atoms with Crippen LogP contribution in [0.5, 0.6) is 0 Å². The smallest absolute Gasteiger partial charge is 0.307 e. The molecule has 0 radical (unpaired) electrons. The first-order valence-electron chi connectivity index (χ1n) is 6.46. The van der Waals surface area contributed by atoms with E-state index in [0.717, 1.165) is 11.5 Å². The van der Waals surface area contributed by atoms with E-state index >= 15 is 0 Å². The van der Waals surface area contributed by atoms with E-state index in [1.54, 1.807) is 0 Å². The summed E-state index contributed by atoms with van der Waals surface area (Å²) in [6.45, 7) is 0.428. The highest BCUT2D eigenvalue weighted by Gasteiger charge is 2.48. The SMILES string of the molecule is O=C(O)C1CC1C(=O)NCCc1nnc2ccccn12. The second-order valence-electron chi connectivity index (χ2n) is 4.87. The zero-order valence-corrected chi connectivity index (χ0v) is 10.7. The van der Waals surface area contributed by atoms with Crippen LogP contribution in [0.1, 0.15) is 12.2 Å². The molecule has 7 nitrogen and oxygen atoms in total. The third kappa shape index (κ3) is 2.34. The Morgan fingerprint density at radius 2 is 2.20 bits per heavy atom. The van der Waals surface area contributed by atoms with Crippen LogP contribution in [0.25, 0.3) is 5.65 Å². The van der Waals surface area contributed by atoms with Crippen LogP contribution in [0.3, 0.4) is 0 Å². The summed E-state index contributed by atoms with van der Waals surface area (Å²) >= 11 is 0. The zero-order chi connectivity index (χ0) is 14.1. The average molecular weight is 274 g/mol. The molecule has 1 aliphatic carbocycles. The highest BCUT2D eigenvalue weighted by atomic mass is 16.4. The fourth-order valence-corrected chi connectivity index (χ4v) is 2.25. The van der Waals surface area contributed by atoms with Gasteiger partial charge in [-0.15, -0.1) is 10.2 Å². The van der Waals surface area contributed by atoms with E-state index in [2.05, 4.69) is 15.5 Å². The number of carbonyl (C=O) groups excluding carboxylic acids is 1. The van der Waals surface area contributed by atoms with Crippen LogP contribution < -0.4 is 5.32 Å². The number of nitrogens with one attached hydrogen (secondary N) is 1. The Morgan fingerprint density at radius 3 is 2.95 bits per heavy atom. The molecule has 3 rings (SSSR count). The van der Waals surface area contributed by atoms with Crippen LogP contribution in [-0.4, -0.2) is 38.1 Å². The van der Waals surface area contributed by atoms with Crippen molar-refractivity contribution in [2.75, 3.05) is 6.54 Å². The molecule has 2 N–H and O–H groups in total. The van der Waals surface area contributed by atoms with Gasteiger partial charge in [-0.3, -0.25) is 14.0 Å². The van der Waals surface area contributed by atoms with E-state index in [1.807, 2.05) is 28.8 Å². The molecule has 7 heteroatoms. The van der Waals surface area contributed by atoms with Gasteiger partial charge in [0.2, 0.25) is 5.91 Å². The Balaban J connectivity index is 1.53. The van der Waals surface area contributed by atoms with Crippen LogP contribution in [-0.2, 0) is 16.0 Å². The lowest BCUT2D eigenvalue weighted by Crippen LogP contribution is -2.28. The molecule has 0 aliphatic heterocycles. The van der Waals surface area contributed by atoms with Gasteiger partial charge in [-0.1, -0.05) is 6.07 Å². The van der Waals surface area contributed by atoms with Crippen LogP contribution >= 0.6 is 0 Å². The van der Waals surface area contributed by atoms with Crippen LogP contribution in [0, 0.1) is 11.8 Å². The van der Waals surface area contributed by atoms with Crippen LogP contribution in [0.15, 0.2) is 24.4 Å². The Morgan fingerprint density at radius 1 is 1.35 bits per heavy atom. The number of rotatable bonds is 5. The molecular weight excluding hydrogens is 260 g/mol. The molecule has 1 saturated carbocycles. The first-order valence-corrected chi connectivity index (χ1v) is 6.46. The maximum atomic E-state index is 11.7. The molecule has 1 fully saturated rings. The lowest BCUT2D eigenvalue weighted by Gasteiger charge is -2.03. The van der Waals surface area contributed by atoms with Gasteiger partial charge in [0.15, 0.2) is 5.65 Å². The Kier molecular flexibility index (Phi) is 3.09. The molecule has 0 bridgehead atoms. The molecule has 1 aliphatic rings. The standard InChI is InChI=1S/C13H14N4O3/c18-12(8-7-9(8)13(19)20)14-5-4-11-16-15-10-3-1-2-6-17(10)11/h1-3,6,8-9H,4-5,7H2,(H,14,18)(H,19,20). The molecule has 1 amide bonds. The first-order chi connectivity index (χ1) is 9.66. The van der Waals surface area contributed by atoms with Crippen molar-refractivity contribution in [1.29, 1.82) is 0 Å². The average Bonchev–Trinajstić information content (AvgIpc) is 3.15. The highest BCUT2D eigenvalue weighted by Crippen LogP contribution is 2.38. The van der Waals surface area contributed by atoms with Gasteiger partial charge in [-0.2, -0.15) is 0 Å². The van der Waals surface area contributed by atoms with Crippen LogP contribution in [0.4, 0.5) is 0 Å². The molecule has 2 heterocycles. The van der Waals surface area contributed by atoms with Gasteiger partial charge in [-0.25, -0.2) is 0 Å². The number of hydrogen-bond donors (Lipinski definition) is 2. The predicted molar refractivity (Wildman–Crippen MR) is 68.9 cm³/mol. The molecule has 2 aromatic heterocycles. The van der Waals surface area contributed by atoms with Crippen molar-refractivity contribution in [2.24, 2.45) is 11.8 Å². The first kappa shape index (κ1) is 12.6. The van der Waals surface area contributed by atoms with Crippen molar-refractivity contribution in [3.8, 4) is 0 Å². The number of amides is 1. The van der Waals surface area contributed by atoms with E-state index in [9.17, 15) is 9.59 Å². The third-order valence-electron chi connectivity index (χ3n) is 3.48. The van der Waals surface area contributed by atoms with Gasteiger partial charge in [0.25, 0.3) is 0 Å². The quantitative estimate of drug-likeness (QED) is 0.806. The molecule has 2 aromatic rings. The number of carboxylic acids is 1. The number of hydrogen-bond acceptors (Lipinski definition) is 4. The van der Waals surface area contributed by atoms with Gasteiger partial charge in [0.05, 0.1) is 11.8 Å². The maximum absolute atomic E-state index is 11.7. The van der Waals surface area contributed by atoms with Crippen molar-refractivity contribution >= 4 is 17.5 Å². The minimum absolute atomic E-state index is 0.189. The number of nitrogens with zero attached hydrogens (tertiary/aromatic N) is 3. The van der Waals surface area contributed by atoms with E-state index < -0.39 is 11.9 Å². The topological polar surface area (TPSA) is 96.6 Å². The summed E-state index contributed by atoms with van der Waals surface area (Å²) in [6.07, 6.45) is 2.87. The molecule has 0 saturated heterocycles. The summed E-state index contributed by atoms with van der Waals surface area (Å²) < 4.78 is 1.86. The second kappa shape index (κ2) is 4.92. The largest absolute Gasteiger partial charge is 0.481 e. The van der Waals surface area contributed by atoms with Crippen molar-refractivity contribution in [1.82, 2.24) is 19.9 Å². The van der Waals surface area contributed by atoms with E-state index in [4.69, 9.17) is 5.11 Å². The monoisotopic (exact) mass is 274 g/mol. The second-order valence-corrected chi connectivity index (χ2v) is 4.87. The number of carboxylic acid groups (broad SMARTS) is 1. The van der Waals surface area contributed by atoms with E-state index in [1.165, 1.54) is 0 Å². The summed E-state index contributed by atoms with van der Waals surface area (Å²) in [5.41, 5.74) is 0.766. The maximum Gasteiger partial charge on any atom is 0.307 e. The molecule has 2 unspecified atom stereocenters.